The van der Waals surface area contributed by atoms with Crippen LogP contribution in [0.1, 0.15) is 0 Å². The van der Waals surface area contributed by atoms with Crippen LogP contribution in [0.5, 0.6) is 0 Å². The van der Waals surface area contributed by atoms with E-state index in [0.717, 1.165) is 25.5 Å². The predicted molar refractivity (Wildman–Crippen MR) is 140 cm³/mol. The van der Waals surface area contributed by atoms with Crippen LogP contribution in [0.2, 0.25) is 0 Å². The maximum atomic E-state index is 5.91. The van der Waals surface area contributed by atoms with Gasteiger partial charge in [-0.05, 0) is 35.3 Å². The zero-order chi connectivity index (χ0) is 22.8. The molecule has 7 heteroatoms. The molecule has 1 aliphatic heterocycles. The quantitative estimate of drug-likeness (QED) is 0.599. The molecule has 2 atom stereocenters. The molecule has 33 heavy (non-hydrogen) atoms. The first kappa shape index (κ1) is 26.7. The van der Waals surface area contributed by atoms with E-state index in [1.807, 2.05) is 0 Å². The predicted octanol–water partition coefficient (Wildman–Crippen LogP) is 3.70. The summed E-state index contributed by atoms with van der Waals surface area (Å²) >= 11 is 0. The van der Waals surface area contributed by atoms with E-state index in [2.05, 4.69) is 60.7 Å². The molecule has 0 spiro atoms. The lowest BCUT2D eigenvalue weighted by atomic mass is 10.4. The van der Waals surface area contributed by atoms with Gasteiger partial charge in [0.2, 0.25) is 0 Å². The highest BCUT2D eigenvalue weighted by Crippen LogP contribution is 2.41. The first-order chi connectivity index (χ1) is 16.4. The first-order valence-corrected chi connectivity index (χ1v) is 15.3. The van der Waals surface area contributed by atoms with Crippen molar-refractivity contribution in [1.29, 1.82) is 0 Å². The van der Waals surface area contributed by atoms with E-state index < -0.39 is 0 Å². The first-order valence-electron chi connectivity index (χ1n) is 11.9. The lowest BCUT2D eigenvalue weighted by Gasteiger charge is -2.23. The summed E-state index contributed by atoms with van der Waals surface area (Å²) in [6.07, 6.45) is 4.63. The van der Waals surface area contributed by atoms with Crippen molar-refractivity contribution < 1.29 is 23.7 Å². The Kier molecular flexibility index (Phi) is 14.2. The van der Waals surface area contributed by atoms with Crippen LogP contribution in [0, 0.1) is 0 Å². The largest absolute Gasteiger partial charge is 0.379 e. The van der Waals surface area contributed by atoms with Crippen molar-refractivity contribution >= 4 is 26.5 Å². The van der Waals surface area contributed by atoms with Crippen molar-refractivity contribution in [3.63, 3.8) is 0 Å². The minimum atomic E-state index is -0.255. The molecule has 0 aliphatic carbocycles. The van der Waals surface area contributed by atoms with E-state index in [1.54, 1.807) is 0 Å². The van der Waals surface area contributed by atoms with Gasteiger partial charge in [0.15, 0.2) is 0 Å². The van der Waals surface area contributed by atoms with Crippen molar-refractivity contribution in [2.45, 2.75) is 0 Å². The molecule has 1 fully saturated rings. The summed E-state index contributed by atoms with van der Waals surface area (Å²) in [5, 5.41) is 2.94. The fraction of sp³-hybridized carbons (Fsp3) is 0.538. The van der Waals surface area contributed by atoms with Crippen molar-refractivity contribution in [2.75, 3.05) is 90.7 Å². The Morgan fingerprint density at radius 2 is 0.667 bits per heavy atom. The van der Waals surface area contributed by atoms with Crippen molar-refractivity contribution in [1.82, 2.24) is 0 Å². The Labute approximate surface area is 201 Å². The maximum Gasteiger partial charge on any atom is 0.0701 e. The maximum absolute atomic E-state index is 5.91. The van der Waals surface area contributed by atoms with Gasteiger partial charge in [-0.2, -0.15) is 0 Å². The van der Waals surface area contributed by atoms with E-state index in [4.69, 9.17) is 23.7 Å². The zero-order valence-corrected chi connectivity index (χ0v) is 21.4. The highest BCUT2D eigenvalue weighted by atomic mass is 31.1. The van der Waals surface area contributed by atoms with Gasteiger partial charge in [-0.15, -0.1) is 0 Å². The summed E-state index contributed by atoms with van der Waals surface area (Å²) in [5.41, 5.74) is 0. The molecule has 0 amide bonds. The molecule has 2 unspecified atom stereocenters. The van der Waals surface area contributed by atoms with Gasteiger partial charge in [-0.3, -0.25) is 0 Å². The van der Waals surface area contributed by atoms with Crippen LogP contribution in [-0.2, 0) is 23.7 Å². The molecule has 1 saturated heterocycles. The summed E-state index contributed by atoms with van der Waals surface area (Å²) in [5.74, 6) is 0. The van der Waals surface area contributed by atoms with E-state index >= 15 is 0 Å². The molecule has 2 aromatic rings. The molecule has 0 N–H and O–H groups in total. The lowest BCUT2D eigenvalue weighted by molar-refractivity contribution is -0.00907. The Hall–Kier alpha value is -0.900. The van der Waals surface area contributed by atoms with Crippen LogP contribution >= 0.6 is 15.8 Å². The van der Waals surface area contributed by atoms with Crippen molar-refractivity contribution in [3.8, 4) is 0 Å². The average Bonchev–Trinajstić information content (AvgIpc) is 2.86. The summed E-state index contributed by atoms with van der Waals surface area (Å²) in [7, 11) is -0.511. The van der Waals surface area contributed by atoms with Gasteiger partial charge < -0.3 is 23.7 Å². The molecular formula is C26H38O5P2. The fourth-order valence-electron chi connectivity index (χ4n) is 3.59. The van der Waals surface area contributed by atoms with Gasteiger partial charge >= 0.3 is 0 Å². The minimum absolute atomic E-state index is 0.255. The molecule has 1 heterocycles. The van der Waals surface area contributed by atoms with Gasteiger partial charge in [-0.25, -0.2) is 0 Å². The van der Waals surface area contributed by atoms with Crippen LogP contribution < -0.4 is 10.6 Å². The third-order valence-electron chi connectivity index (χ3n) is 5.38. The molecule has 0 bridgehead atoms. The number of hydrogen-bond donors (Lipinski definition) is 0. The van der Waals surface area contributed by atoms with Crippen molar-refractivity contribution in [2.24, 2.45) is 0 Å². The van der Waals surface area contributed by atoms with E-state index in [0.29, 0.717) is 52.9 Å². The summed E-state index contributed by atoms with van der Waals surface area (Å²) in [6, 6.07) is 22.0. The van der Waals surface area contributed by atoms with Crippen molar-refractivity contribution in [3.05, 3.63) is 60.7 Å². The Balaban J connectivity index is 1.60. The second-order valence-electron chi connectivity index (χ2n) is 7.71. The van der Waals surface area contributed by atoms with Gasteiger partial charge in [0.25, 0.3) is 0 Å². The van der Waals surface area contributed by atoms with Crippen LogP contribution in [0.4, 0.5) is 0 Å². The third-order valence-corrected chi connectivity index (χ3v) is 10.8. The standard InChI is InChI=1S/C26H38O5P2/c1-3-7-25(8-4-1)32-21-19-30-17-15-28-13-11-27-12-14-29-16-18-31-20-22-33(24-23-32)26-9-5-2-6-10-26/h1-10H,11-24H2. The number of rotatable bonds is 2. The minimum Gasteiger partial charge on any atom is -0.379 e. The van der Waals surface area contributed by atoms with E-state index in [1.165, 1.54) is 22.9 Å². The molecule has 3 rings (SSSR count). The number of ether oxygens (including phenoxy) is 5. The average molecular weight is 493 g/mol. The van der Waals surface area contributed by atoms with Crippen LogP contribution in [0.3, 0.4) is 0 Å². The summed E-state index contributed by atoms with van der Waals surface area (Å²) < 4.78 is 28.6. The summed E-state index contributed by atoms with van der Waals surface area (Å²) in [4.78, 5) is 0. The van der Waals surface area contributed by atoms with Gasteiger partial charge in [0.1, 0.15) is 0 Å². The Bertz CT molecular complexity index is 658. The number of hydrogen-bond acceptors (Lipinski definition) is 5. The van der Waals surface area contributed by atoms with Crippen LogP contribution in [-0.4, -0.2) is 90.7 Å². The van der Waals surface area contributed by atoms with E-state index in [-0.39, 0.29) is 15.8 Å². The summed E-state index contributed by atoms with van der Waals surface area (Å²) in [6.45, 7) is 6.40. The third kappa shape index (κ3) is 11.4. The van der Waals surface area contributed by atoms with Gasteiger partial charge in [0, 0.05) is 0 Å². The second kappa shape index (κ2) is 17.5. The highest BCUT2D eigenvalue weighted by molar-refractivity contribution is 7.69. The van der Waals surface area contributed by atoms with Crippen LogP contribution in [0.15, 0.2) is 60.7 Å². The van der Waals surface area contributed by atoms with E-state index in [9.17, 15) is 0 Å². The molecule has 0 radical (unpaired) electrons. The zero-order valence-electron chi connectivity index (χ0n) is 19.6. The SMILES string of the molecule is c1ccc(P2CCOCCOCCOCCOCCOCCP(c3ccccc3)CC2)cc1. The molecule has 1 aliphatic rings. The molecule has 0 aromatic heterocycles. The van der Waals surface area contributed by atoms with Gasteiger partial charge in [-0.1, -0.05) is 76.5 Å². The second-order valence-corrected chi connectivity index (χ2v) is 12.7. The highest BCUT2D eigenvalue weighted by Gasteiger charge is 2.16. The normalized spacial score (nSPS) is 23.9. The molecule has 2 aromatic carbocycles. The topological polar surface area (TPSA) is 46.2 Å². The number of benzene rings is 2. The van der Waals surface area contributed by atoms with Gasteiger partial charge in [0.05, 0.1) is 66.1 Å². The monoisotopic (exact) mass is 492 g/mol. The fourth-order valence-corrected chi connectivity index (χ4v) is 8.89. The molecular weight excluding hydrogens is 454 g/mol. The molecule has 5 nitrogen and oxygen atoms in total. The molecule has 0 saturated carbocycles. The Morgan fingerprint density at radius 3 is 1.00 bits per heavy atom. The van der Waals surface area contributed by atoms with Crippen LogP contribution in [0.25, 0.3) is 0 Å². The lowest BCUT2D eigenvalue weighted by Crippen LogP contribution is -2.16. The Morgan fingerprint density at radius 1 is 0.364 bits per heavy atom. The smallest absolute Gasteiger partial charge is 0.0701 e. The molecule has 182 valence electrons.